The molecule has 0 fully saturated rings. The number of halogens is 2. The molecule has 0 saturated carbocycles. The first-order valence-electron chi connectivity index (χ1n) is 8.54. The Bertz CT molecular complexity index is 629. The number of allylic oxidation sites excluding steroid dienone is 16. The summed E-state index contributed by atoms with van der Waals surface area (Å²) < 4.78 is 3.98. The Morgan fingerprint density at radius 1 is 0.720 bits per heavy atom. The third-order valence-corrected chi connectivity index (χ3v) is 7.88. The maximum atomic E-state index is 2.94. The number of hydrogen-bond acceptors (Lipinski definition) is 0. The van der Waals surface area contributed by atoms with E-state index in [1.807, 2.05) is 5.83 Å². The molecule has 0 N–H and O–H groups in total. The fourth-order valence-electron chi connectivity index (χ4n) is 2.83. The first-order valence-corrected chi connectivity index (χ1v) is 12.9. The third-order valence-electron chi connectivity index (χ3n) is 4.11. The maximum Gasteiger partial charge on any atom is 0.0540 e. The maximum absolute atomic E-state index is 2.94. The van der Waals surface area contributed by atoms with Crippen LogP contribution in [0.4, 0.5) is 0 Å². The Morgan fingerprint density at radius 2 is 1.12 bits per heavy atom. The Balaban J connectivity index is 0.000000165. The number of rotatable bonds is 4. The second-order valence-corrected chi connectivity index (χ2v) is 9.53. The van der Waals surface area contributed by atoms with Gasteiger partial charge in [-0.1, -0.05) is 75.0 Å². The Morgan fingerprint density at radius 3 is 1.44 bits per heavy atom. The molecule has 25 heavy (non-hydrogen) atoms. The van der Waals surface area contributed by atoms with Gasteiger partial charge in [-0.3, -0.25) is 0 Å². The minimum atomic E-state index is 0.0833. The monoisotopic (exact) mass is 542 g/mol. The van der Waals surface area contributed by atoms with Crippen molar-refractivity contribution in [3.05, 3.63) is 91.8 Å². The molecule has 4 rings (SSSR count). The van der Waals surface area contributed by atoms with E-state index in [1.165, 1.54) is 12.8 Å². The molecular formula is C22H24BrITi. The summed E-state index contributed by atoms with van der Waals surface area (Å²) in [4.78, 5) is 0. The summed E-state index contributed by atoms with van der Waals surface area (Å²) in [6, 6.07) is 0. The smallest absolute Gasteiger partial charge is 0.0540 e. The molecule has 0 atom stereocenters. The third kappa shape index (κ3) is 7.17. The first-order chi connectivity index (χ1) is 12.3. The van der Waals surface area contributed by atoms with E-state index < -0.39 is 0 Å². The van der Waals surface area contributed by atoms with Crippen LogP contribution in [0.2, 0.25) is 0 Å². The molecule has 0 radical (unpaired) electrons. The molecule has 130 valence electrons. The van der Waals surface area contributed by atoms with Crippen LogP contribution >= 0.6 is 38.5 Å². The summed E-state index contributed by atoms with van der Waals surface area (Å²) in [5.41, 5.74) is 3.09. The molecule has 0 bridgehead atoms. The van der Waals surface area contributed by atoms with Crippen LogP contribution in [0, 0.1) is 0 Å². The Labute approximate surface area is 183 Å². The Kier molecular flexibility index (Phi) is 10.4. The molecule has 0 aromatic heterocycles. The number of alkyl halides is 2. The molecular weight excluding hydrogens is 519 g/mol. The summed E-state index contributed by atoms with van der Waals surface area (Å²) in [6.07, 6.45) is 31.4. The second-order valence-electron chi connectivity index (χ2n) is 5.88. The summed E-state index contributed by atoms with van der Waals surface area (Å²) in [5.74, 6) is 1.81. The molecule has 4 aliphatic rings. The van der Waals surface area contributed by atoms with Gasteiger partial charge in [0.25, 0.3) is 0 Å². The van der Waals surface area contributed by atoms with Gasteiger partial charge in [-0.05, 0) is 29.8 Å². The van der Waals surface area contributed by atoms with E-state index in [0.29, 0.717) is 3.92 Å². The van der Waals surface area contributed by atoms with Gasteiger partial charge in [0.05, 0.1) is 3.92 Å². The second kappa shape index (κ2) is 12.3. The fraction of sp³-hybridized carbons (Fsp3) is 0.273. The van der Waals surface area contributed by atoms with Crippen LogP contribution in [-0.2, 0) is 19.2 Å². The molecule has 0 aliphatic heterocycles. The minimum absolute atomic E-state index is 0.0833. The fourth-order valence-corrected chi connectivity index (χ4v) is 5.64. The van der Waals surface area contributed by atoms with Crippen LogP contribution in [0.25, 0.3) is 0 Å². The average molecular weight is 543 g/mol. The first kappa shape index (κ1) is 21.1. The zero-order valence-electron chi connectivity index (χ0n) is 14.6. The quantitative estimate of drug-likeness (QED) is 0.198. The SMILES string of the molecule is C1=CC[C]([Ti][C]2=CC=CC2)=C1.CBr.IC(C1=CC=CC1)C1=CC=CC1. The zero-order valence-corrected chi connectivity index (χ0v) is 19.9. The summed E-state index contributed by atoms with van der Waals surface area (Å²) in [7, 11) is 0. The predicted octanol–water partition coefficient (Wildman–Crippen LogP) is 7.33. The van der Waals surface area contributed by atoms with Gasteiger partial charge in [-0.15, -0.1) is 0 Å². The van der Waals surface area contributed by atoms with Crippen LogP contribution in [0.1, 0.15) is 25.7 Å². The predicted molar refractivity (Wildman–Crippen MR) is 120 cm³/mol. The minimum Gasteiger partial charge on any atom is -0.0966 e. The van der Waals surface area contributed by atoms with Gasteiger partial charge in [-0.2, -0.15) is 0 Å². The van der Waals surface area contributed by atoms with Crippen molar-refractivity contribution in [1.82, 2.24) is 0 Å². The van der Waals surface area contributed by atoms with Crippen molar-refractivity contribution in [1.29, 1.82) is 0 Å². The van der Waals surface area contributed by atoms with E-state index in [4.69, 9.17) is 0 Å². The average Bonchev–Trinajstić information content (AvgIpc) is 3.46. The molecule has 0 amide bonds. The largest absolute Gasteiger partial charge is 0.0966 e. The molecule has 0 aromatic carbocycles. The van der Waals surface area contributed by atoms with E-state index >= 15 is 0 Å². The van der Waals surface area contributed by atoms with Crippen LogP contribution < -0.4 is 0 Å². The molecule has 4 aliphatic carbocycles. The van der Waals surface area contributed by atoms with Gasteiger partial charge in [-0.25, -0.2) is 0 Å². The van der Waals surface area contributed by atoms with Crippen molar-refractivity contribution in [3.8, 4) is 0 Å². The van der Waals surface area contributed by atoms with Crippen molar-refractivity contribution >= 4 is 38.5 Å². The molecule has 0 aromatic rings. The van der Waals surface area contributed by atoms with E-state index in [2.05, 4.69) is 111 Å². The van der Waals surface area contributed by atoms with Crippen molar-refractivity contribution < 1.29 is 19.2 Å². The van der Waals surface area contributed by atoms with Crippen molar-refractivity contribution in [2.45, 2.75) is 29.6 Å². The van der Waals surface area contributed by atoms with Gasteiger partial charge >= 0.3 is 76.2 Å². The van der Waals surface area contributed by atoms with Gasteiger partial charge < -0.3 is 0 Å². The topological polar surface area (TPSA) is 0 Å². The van der Waals surface area contributed by atoms with Crippen molar-refractivity contribution in [3.63, 3.8) is 0 Å². The van der Waals surface area contributed by atoms with E-state index in [0.717, 1.165) is 12.8 Å². The van der Waals surface area contributed by atoms with Crippen LogP contribution in [0.3, 0.4) is 0 Å². The van der Waals surface area contributed by atoms with Crippen LogP contribution in [0.5, 0.6) is 0 Å². The van der Waals surface area contributed by atoms with E-state index in [9.17, 15) is 0 Å². The normalized spacial score (nSPS) is 19.0. The van der Waals surface area contributed by atoms with Gasteiger partial charge in [0, 0.05) is 0 Å². The van der Waals surface area contributed by atoms with Crippen LogP contribution in [0.15, 0.2) is 91.8 Å². The summed E-state index contributed by atoms with van der Waals surface area (Å²) >= 11 is 5.55. The summed E-state index contributed by atoms with van der Waals surface area (Å²) in [6.45, 7) is 0. The van der Waals surface area contributed by atoms with Gasteiger partial charge in [0.15, 0.2) is 0 Å². The molecule has 3 heteroatoms. The molecule has 0 nitrogen and oxygen atoms in total. The van der Waals surface area contributed by atoms with Gasteiger partial charge in [0.1, 0.15) is 0 Å². The van der Waals surface area contributed by atoms with Crippen molar-refractivity contribution in [2.24, 2.45) is 0 Å². The van der Waals surface area contributed by atoms with E-state index in [1.54, 1.807) is 18.9 Å². The summed E-state index contributed by atoms with van der Waals surface area (Å²) in [5, 5.41) is 0. The van der Waals surface area contributed by atoms with Crippen molar-refractivity contribution in [2.75, 3.05) is 5.83 Å². The standard InChI is InChI=1S/C11H11I.2C5H5.CH3Br.Ti/c12-11(9-5-1-2-6-9)10-7-3-4-8-10;2*1-2-4-5-3-1;1-2;/h1-5,7,11H,6,8H2;2*1-3H,4H2;1H3;. The van der Waals surface area contributed by atoms with E-state index in [-0.39, 0.29) is 19.2 Å². The number of hydrogen-bond donors (Lipinski definition) is 0. The van der Waals surface area contributed by atoms with Gasteiger partial charge in [0.2, 0.25) is 0 Å². The zero-order chi connectivity index (χ0) is 17.9. The molecule has 0 saturated heterocycles. The molecule has 0 spiro atoms. The molecule has 0 heterocycles. The molecule has 0 unspecified atom stereocenters. The van der Waals surface area contributed by atoms with Crippen LogP contribution in [-0.4, -0.2) is 9.76 Å². The Hall–Kier alpha value is -0.156.